The van der Waals surface area contributed by atoms with Crippen LogP contribution in [0.2, 0.25) is 0 Å². The first-order valence-electron chi connectivity index (χ1n) is 4.55. The van der Waals surface area contributed by atoms with Crippen molar-refractivity contribution in [3.63, 3.8) is 0 Å². The quantitative estimate of drug-likeness (QED) is 0.888. The second kappa shape index (κ2) is 5.23. The van der Waals surface area contributed by atoms with Crippen LogP contribution in [-0.2, 0) is 0 Å². The van der Waals surface area contributed by atoms with E-state index >= 15 is 0 Å². The molecule has 1 aliphatic heterocycles. The Balaban J connectivity index is 0.00000128. The van der Waals surface area contributed by atoms with Gasteiger partial charge in [0.05, 0.1) is 13.2 Å². The molecule has 1 aliphatic rings. The summed E-state index contributed by atoms with van der Waals surface area (Å²) in [5.41, 5.74) is 6.22. The van der Waals surface area contributed by atoms with Crippen LogP contribution in [0.1, 0.15) is 11.6 Å². The lowest BCUT2D eigenvalue weighted by Crippen LogP contribution is -2.12. The maximum atomic E-state index is 12.4. The molecule has 0 saturated carbocycles. The van der Waals surface area contributed by atoms with E-state index < -0.39 is 12.7 Å². The average Bonchev–Trinajstić information content (AvgIpc) is 2.74. The molecule has 16 heavy (non-hydrogen) atoms. The number of ether oxygens (including phenoxy) is 3. The minimum Gasteiger partial charge on any atom is -0.493 e. The molecule has 2 N–H and O–H groups in total. The third kappa shape index (κ3) is 2.15. The third-order valence-electron chi connectivity index (χ3n) is 2.28. The molecule has 0 bridgehead atoms. The first-order valence-corrected chi connectivity index (χ1v) is 4.55. The summed E-state index contributed by atoms with van der Waals surface area (Å²) < 4.78 is 27.9. The zero-order valence-electron chi connectivity index (χ0n) is 8.73. The fraction of sp³-hybridized carbons (Fsp3) is 0.400. The van der Waals surface area contributed by atoms with Crippen molar-refractivity contribution < 1.29 is 18.6 Å². The molecular formula is C10H13ClFNO3. The van der Waals surface area contributed by atoms with Crippen molar-refractivity contribution in [1.82, 2.24) is 0 Å². The van der Waals surface area contributed by atoms with E-state index in [1.807, 2.05) is 0 Å². The van der Waals surface area contributed by atoms with Crippen LogP contribution in [0.15, 0.2) is 12.1 Å². The molecule has 1 atom stereocenters. The van der Waals surface area contributed by atoms with Crippen molar-refractivity contribution in [2.75, 3.05) is 20.6 Å². The molecule has 0 aromatic heterocycles. The van der Waals surface area contributed by atoms with Crippen molar-refractivity contribution in [1.29, 1.82) is 0 Å². The second-order valence-corrected chi connectivity index (χ2v) is 3.22. The van der Waals surface area contributed by atoms with Crippen molar-refractivity contribution in [2.24, 2.45) is 5.73 Å². The lowest BCUT2D eigenvalue weighted by Gasteiger charge is -2.11. The van der Waals surface area contributed by atoms with E-state index in [9.17, 15) is 4.39 Å². The number of hydrogen-bond acceptors (Lipinski definition) is 4. The predicted octanol–water partition coefficient (Wildman–Crippen LogP) is 1.81. The number of fused-ring (bicyclic) bond motifs is 1. The molecule has 0 amide bonds. The van der Waals surface area contributed by atoms with Gasteiger partial charge in [0, 0.05) is 0 Å². The van der Waals surface area contributed by atoms with Crippen LogP contribution in [0.5, 0.6) is 17.2 Å². The summed E-state index contributed by atoms with van der Waals surface area (Å²) in [6.45, 7) is -0.469. The monoisotopic (exact) mass is 249 g/mol. The SMILES string of the molecule is COc1cc([C@H](N)CF)cc2c1OCO2.Cl. The van der Waals surface area contributed by atoms with E-state index in [1.165, 1.54) is 7.11 Å². The molecule has 1 aromatic rings. The van der Waals surface area contributed by atoms with Crippen LogP contribution in [0.3, 0.4) is 0 Å². The fourth-order valence-corrected chi connectivity index (χ4v) is 1.45. The number of nitrogens with two attached hydrogens (primary N) is 1. The zero-order valence-corrected chi connectivity index (χ0v) is 9.55. The van der Waals surface area contributed by atoms with Gasteiger partial charge in [0.2, 0.25) is 12.5 Å². The summed E-state index contributed by atoms with van der Waals surface area (Å²) in [5, 5.41) is 0. The van der Waals surface area contributed by atoms with Crippen LogP contribution in [0.4, 0.5) is 4.39 Å². The summed E-state index contributed by atoms with van der Waals surface area (Å²) in [4.78, 5) is 0. The minimum atomic E-state index is -0.659. The minimum absolute atomic E-state index is 0. The molecule has 0 unspecified atom stereocenters. The summed E-state index contributed by atoms with van der Waals surface area (Å²) in [7, 11) is 1.52. The second-order valence-electron chi connectivity index (χ2n) is 3.22. The van der Waals surface area contributed by atoms with Gasteiger partial charge >= 0.3 is 0 Å². The standard InChI is InChI=1S/C10H12FNO3.ClH/c1-13-8-2-6(7(12)4-11)3-9-10(8)15-5-14-9;/h2-3,7H,4-5,12H2,1H3;1H/t7-;/m1./s1. The maximum Gasteiger partial charge on any atom is 0.231 e. The highest BCUT2D eigenvalue weighted by Gasteiger charge is 2.21. The topological polar surface area (TPSA) is 53.7 Å². The lowest BCUT2D eigenvalue weighted by atomic mass is 10.1. The van der Waals surface area contributed by atoms with Crippen LogP contribution < -0.4 is 19.9 Å². The van der Waals surface area contributed by atoms with E-state index in [0.29, 0.717) is 22.8 Å². The Kier molecular flexibility index (Phi) is 4.20. The van der Waals surface area contributed by atoms with Crippen LogP contribution in [0.25, 0.3) is 0 Å². The van der Waals surface area contributed by atoms with Crippen LogP contribution >= 0.6 is 12.4 Å². The molecule has 0 radical (unpaired) electrons. The highest BCUT2D eigenvalue weighted by atomic mass is 35.5. The van der Waals surface area contributed by atoms with Gasteiger partial charge in [0.15, 0.2) is 11.5 Å². The Morgan fingerprint density at radius 3 is 2.88 bits per heavy atom. The van der Waals surface area contributed by atoms with Gasteiger partial charge in [-0.3, -0.25) is 0 Å². The molecule has 1 aromatic carbocycles. The molecule has 1 heterocycles. The molecule has 6 heteroatoms. The smallest absolute Gasteiger partial charge is 0.231 e. The van der Waals surface area contributed by atoms with E-state index in [0.717, 1.165) is 0 Å². The normalized spacial score (nSPS) is 14.2. The summed E-state index contributed by atoms with van der Waals surface area (Å²) in [6.07, 6.45) is 0. The number of hydrogen-bond donors (Lipinski definition) is 1. The fourth-order valence-electron chi connectivity index (χ4n) is 1.45. The Morgan fingerprint density at radius 1 is 1.50 bits per heavy atom. The Bertz CT molecular complexity index is 375. The van der Waals surface area contributed by atoms with Crippen LogP contribution in [-0.4, -0.2) is 20.6 Å². The van der Waals surface area contributed by atoms with Gasteiger partial charge in [0.1, 0.15) is 6.67 Å². The maximum absolute atomic E-state index is 12.4. The lowest BCUT2D eigenvalue weighted by molar-refractivity contribution is 0.171. The van der Waals surface area contributed by atoms with E-state index in [4.69, 9.17) is 19.9 Å². The molecule has 0 spiro atoms. The van der Waals surface area contributed by atoms with Gasteiger partial charge in [0.25, 0.3) is 0 Å². The van der Waals surface area contributed by atoms with Gasteiger partial charge in [-0.25, -0.2) is 4.39 Å². The van der Waals surface area contributed by atoms with Crippen molar-refractivity contribution >= 4 is 12.4 Å². The molecular weight excluding hydrogens is 237 g/mol. The zero-order chi connectivity index (χ0) is 10.8. The summed E-state index contributed by atoms with van der Waals surface area (Å²) >= 11 is 0. The van der Waals surface area contributed by atoms with E-state index in [2.05, 4.69) is 0 Å². The van der Waals surface area contributed by atoms with Gasteiger partial charge in [-0.2, -0.15) is 0 Å². The molecule has 4 nitrogen and oxygen atoms in total. The predicted molar refractivity (Wildman–Crippen MR) is 59.3 cm³/mol. The van der Waals surface area contributed by atoms with Gasteiger partial charge in [-0.05, 0) is 17.7 Å². The number of methoxy groups -OCH3 is 1. The molecule has 0 aliphatic carbocycles. The Labute approximate surface area is 98.9 Å². The average molecular weight is 250 g/mol. The van der Waals surface area contributed by atoms with Gasteiger partial charge in [-0.15, -0.1) is 12.4 Å². The third-order valence-corrected chi connectivity index (χ3v) is 2.28. The first kappa shape index (κ1) is 12.9. The van der Waals surface area contributed by atoms with Crippen LogP contribution in [0, 0.1) is 0 Å². The Hall–Kier alpha value is -1.20. The Morgan fingerprint density at radius 2 is 2.25 bits per heavy atom. The highest BCUT2D eigenvalue weighted by molar-refractivity contribution is 5.85. The number of halogens is 2. The highest BCUT2D eigenvalue weighted by Crippen LogP contribution is 2.42. The molecule has 0 saturated heterocycles. The largest absolute Gasteiger partial charge is 0.493 e. The van der Waals surface area contributed by atoms with Gasteiger partial charge < -0.3 is 19.9 Å². The molecule has 2 rings (SSSR count). The first-order chi connectivity index (χ1) is 7.26. The number of benzene rings is 1. The van der Waals surface area contributed by atoms with Crippen molar-refractivity contribution in [2.45, 2.75) is 6.04 Å². The number of alkyl halides is 1. The van der Waals surface area contributed by atoms with Crippen molar-refractivity contribution in [3.8, 4) is 17.2 Å². The van der Waals surface area contributed by atoms with Crippen molar-refractivity contribution in [3.05, 3.63) is 17.7 Å². The summed E-state index contributed by atoms with van der Waals surface area (Å²) in [5.74, 6) is 1.62. The molecule has 0 fully saturated rings. The van der Waals surface area contributed by atoms with Gasteiger partial charge in [-0.1, -0.05) is 0 Å². The van der Waals surface area contributed by atoms with E-state index in [1.54, 1.807) is 12.1 Å². The van der Waals surface area contributed by atoms with E-state index in [-0.39, 0.29) is 19.2 Å². The number of rotatable bonds is 3. The molecule has 90 valence electrons. The summed E-state index contributed by atoms with van der Waals surface area (Å²) in [6, 6.07) is 2.68.